The van der Waals surface area contributed by atoms with Crippen LogP contribution in [-0.2, 0) is 13.0 Å². The Labute approximate surface area is 125 Å². The normalized spacial score (nSPS) is 10.8. The number of hydrogen-bond donors (Lipinski definition) is 1. The lowest BCUT2D eigenvalue weighted by molar-refractivity contribution is 0.414. The second-order valence-corrected chi connectivity index (χ2v) is 5.32. The van der Waals surface area contributed by atoms with Crippen molar-refractivity contribution in [1.29, 1.82) is 0 Å². The van der Waals surface area contributed by atoms with Crippen molar-refractivity contribution >= 4 is 11.3 Å². The predicted octanol–water partition coefficient (Wildman–Crippen LogP) is 2.25. The summed E-state index contributed by atoms with van der Waals surface area (Å²) in [6.07, 6.45) is 0.578. The Balaban J connectivity index is 1.78. The molecule has 0 unspecified atom stereocenters. The highest BCUT2D eigenvalue weighted by Gasteiger charge is 2.12. The molecule has 0 fully saturated rings. The van der Waals surface area contributed by atoms with Gasteiger partial charge >= 0.3 is 0 Å². The Hall–Kier alpha value is -2.25. The maximum absolute atomic E-state index is 5.55. The highest BCUT2D eigenvalue weighted by atomic mass is 32.1. The Morgan fingerprint density at radius 1 is 1.33 bits per heavy atom. The summed E-state index contributed by atoms with van der Waals surface area (Å²) in [7, 11) is 1.64. The molecule has 0 radical (unpaired) electrons. The van der Waals surface area contributed by atoms with Crippen molar-refractivity contribution in [2.45, 2.75) is 13.0 Å². The molecule has 0 atom stereocenters. The Bertz CT molecular complexity index is 738. The first kappa shape index (κ1) is 13.7. The first-order chi connectivity index (χ1) is 10.3. The molecule has 1 aromatic carbocycles. The van der Waals surface area contributed by atoms with Crippen molar-refractivity contribution in [2.75, 3.05) is 7.11 Å². The number of ether oxygens (including phenoxy) is 1. The maximum atomic E-state index is 5.55. The number of methoxy groups -OCH3 is 1. The first-order valence-corrected chi connectivity index (χ1v) is 7.27. The molecule has 0 spiro atoms. The highest BCUT2D eigenvalue weighted by molar-refractivity contribution is 7.09. The second kappa shape index (κ2) is 6.02. The summed E-state index contributed by atoms with van der Waals surface area (Å²) >= 11 is 1.48. The van der Waals surface area contributed by atoms with Crippen LogP contribution in [-0.4, -0.2) is 22.2 Å². The fraction of sp³-hybridized carbons (Fsp3) is 0.214. The van der Waals surface area contributed by atoms with Gasteiger partial charge in [-0.3, -0.25) is 0 Å². The SMILES string of the molecule is COc1cccc(Cc2noc(-c3csc(CN)n3)n2)c1. The van der Waals surface area contributed by atoms with Crippen molar-refractivity contribution in [3.8, 4) is 17.3 Å². The van der Waals surface area contributed by atoms with Crippen molar-refractivity contribution in [3.63, 3.8) is 0 Å². The minimum absolute atomic E-state index is 0.412. The van der Waals surface area contributed by atoms with Crippen LogP contribution in [0.25, 0.3) is 11.6 Å². The molecule has 2 aromatic heterocycles. The molecule has 0 saturated carbocycles. The summed E-state index contributed by atoms with van der Waals surface area (Å²) in [6, 6.07) is 7.78. The molecule has 0 aliphatic carbocycles. The van der Waals surface area contributed by atoms with Crippen LogP contribution in [0.5, 0.6) is 5.75 Å². The van der Waals surface area contributed by atoms with E-state index >= 15 is 0 Å². The minimum atomic E-state index is 0.412. The van der Waals surface area contributed by atoms with Gasteiger partial charge in [0.05, 0.1) is 7.11 Å². The van der Waals surface area contributed by atoms with Crippen molar-refractivity contribution in [1.82, 2.24) is 15.1 Å². The van der Waals surface area contributed by atoms with Crippen LogP contribution >= 0.6 is 11.3 Å². The van der Waals surface area contributed by atoms with E-state index in [0.29, 0.717) is 30.4 Å². The number of nitrogens with zero attached hydrogens (tertiary/aromatic N) is 3. The fourth-order valence-corrected chi connectivity index (χ4v) is 2.55. The van der Waals surface area contributed by atoms with E-state index in [1.54, 1.807) is 7.11 Å². The molecule has 7 heteroatoms. The van der Waals surface area contributed by atoms with Crippen LogP contribution in [0, 0.1) is 0 Å². The molecule has 108 valence electrons. The van der Waals surface area contributed by atoms with E-state index < -0.39 is 0 Å². The van der Waals surface area contributed by atoms with Crippen molar-refractivity contribution in [2.24, 2.45) is 5.73 Å². The van der Waals surface area contributed by atoms with E-state index in [1.807, 2.05) is 29.6 Å². The average molecular weight is 302 g/mol. The molecule has 0 aliphatic heterocycles. The molecule has 0 aliphatic rings. The van der Waals surface area contributed by atoms with Gasteiger partial charge in [-0.15, -0.1) is 11.3 Å². The third-order valence-electron chi connectivity index (χ3n) is 2.91. The third kappa shape index (κ3) is 3.09. The zero-order chi connectivity index (χ0) is 14.7. The van der Waals surface area contributed by atoms with E-state index in [9.17, 15) is 0 Å². The Morgan fingerprint density at radius 2 is 2.24 bits per heavy atom. The van der Waals surface area contributed by atoms with E-state index in [2.05, 4.69) is 15.1 Å². The molecule has 0 amide bonds. The van der Waals surface area contributed by atoms with E-state index in [1.165, 1.54) is 11.3 Å². The smallest absolute Gasteiger partial charge is 0.277 e. The number of rotatable bonds is 5. The summed E-state index contributed by atoms with van der Waals surface area (Å²) in [4.78, 5) is 8.69. The predicted molar refractivity (Wildman–Crippen MR) is 79.1 cm³/mol. The molecule has 0 saturated heterocycles. The second-order valence-electron chi connectivity index (χ2n) is 4.37. The van der Waals surface area contributed by atoms with Crippen LogP contribution < -0.4 is 10.5 Å². The topological polar surface area (TPSA) is 87.1 Å². The third-order valence-corrected chi connectivity index (χ3v) is 3.78. The van der Waals surface area contributed by atoms with Gasteiger partial charge < -0.3 is 15.0 Å². The van der Waals surface area contributed by atoms with Gasteiger partial charge in [0.15, 0.2) is 5.82 Å². The zero-order valence-corrected chi connectivity index (χ0v) is 12.3. The van der Waals surface area contributed by atoms with Gasteiger partial charge in [0, 0.05) is 18.3 Å². The number of hydrogen-bond acceptors (Lipinski definition) is 7. The van der Waals surface area contributed by atoms with Gasteiger partial charge in [-0.05, 0) is 17.7 Å². The molecule has 3 rings (SSSR count). The number of nitrogens with two attached hydrogens (primary N) is 1. The van der Waals surface area contributed by atoms with Crippen LogP contribution in [0.1, 0.15) is 16.4 Å². The standard InChI is InChI=1S/C14H14N4O2S/c1-19-10-4-2-3-9(5-10)6-12-17-14(20-18-12)11-8-21-13(7-15)16-11/h2-5,8H,6-7,15H2,1H3. The first-order valence-electron chi connectivity index (χ1n) is 6.39. The molecular formula is C14H14N4O2S. The number of thiazole rings is 1. The summed E-state index contributed by atoms with van der Waals surface area (Å²) in [6.45, 7) is 0.412. The van der Waals surface area contributed by atoms with Crippen LogP contribution in [0.4, 0.5) is 0 Å². The summed E-state index contributed by atoms with van der Waals surface area (Å²) < 4.78 is 10.4. The molecule has 3 aromatic rings. The molecular weight excluding hydrogens is 288 g/mol. The van der Waals surface area contributed by atoms with Gasteiger partial charge in [0.1, 0.15) is 16.5 Å². The molecule has 2 heterocycles. The number of aromatic nitrogens is 3. The molecule has 2 N–H and O–H groups in total. The largest absolute Gasteiger partial charge is 0.497 e. The average Bonchev–Trinajstić information content (AvgIpc) is 3.16. The monoisotopic (exact) mass is 302 g/mol. The lowest BCUT2D eigenvalue weighted by atomic mass is 10.1. The quantitative estimate of drug-likeness (QED) is 0.778. The summed E-state index contributed by atoms with van der Waals surface area (Å²) in [5.74, 6) is 1.84. The van der Waals surface area contributed by atoms with Gasteiger partial charge in [0.2, 0.25) is 0 Å². The lowest BCUT2D eigenvalue weighted by Crippen LogP contribution is -1.94. The van der Waals surface area contributed by atoms with Gasteiger partial charge in [-0.1, -0.05) is 17.3 Å². The summed E-state index contributed by atoms with van der Waals surface area (Å²) in [5, 5.41) is 6.70. The van der Waals surface area contributed by atoms with Gasteiger partial charge in [0.25, 0.3) is 5.89 Å². The maximum Gasteiger partial charge on any atom is 0.277 e. The molecule has 0 bridgehead atoms. The van der Waals surface area contributed by atoms with Crippen LogP contribution in [0.3, 0.4) is 0 Å². The van der Waals surface area contributed by atoms with Crippen LogP contribution in [0.15, 0.2) is 34.2 Å². The van der Waals surface area contributed by atoms with Gasteiger partial charge in [-0.25, -0.2) is 4.98 Å². The van der Waals surface area contributed by atoms with E-state index in [0.717, 1.165) is 16.3 Å². The Kier molecular flexibility index (Phi) is 3.94. The van der Waals surface area contributed by atoms with Crippen LogP contribution in [0.2, 0.25) is 0 Å². The Morgan fingerprint density at radius 3 is 3.00 bits per heavy atom. The fourth-order valence-electron chi connectivity index (χ4n) is 1.90. The van der Waals surface area contributed by atoms with Crippen molar-refractivity contribution < 1.29 is 9.26 Å². The zero-order valence-electron chi connectivity index (χ0n) is 11.4. The van der Waals surface area contributed by atoms with Crippen molar-refractivity contribution in [3.05, 3.63) is 46.0 Å². The lowest BCUT2D eigenvalue weighted by Gasteiger charge is -2.01. The van der Waals surface area contributed by atoms with E-state index in [4.69, 9.17) is 15.0 Å². The van der Waals surface area contributed by atoms with E-state index in [-0.39, 0.29) is 0 Å². The summed E-state index contributed by atoms with van der Waals surface area (Å²) in [5.41, 5.74) is 7.27. The highest BCUT2D eigenvalue weighted by Crippen LogP contribution is 2.21. The molecule has 6 nitrogen and oxygen atoms in total. The minimum Gasteiger partial charge on any atom is -0.497 e. The molecule has 21 heavy (non-hydrogen) atoms. The van der Waals surface area contributed by atoms with Gasteiger partial charge in [-0.2, -0.15) is 4.98 Å². The number of benzene rings is 1.